The molecule has 6 rings (SSSR count). The summed E-state index contributed by atoms with van der Waals surface area (Å²) in [6, 6.07) is 19.1. The monoisotopic (exact) mass is 619 g/mol. The first-order valence-corrected chi connectivity index (χ1v) is 16.0. The predicted molar refractivity (Wildman–Crippen MR) is 163 cm³/mol. The van der Waals surface area contributed by atoms with Gasteiger partial charge < -0.3 is 10.0 Å². The molecule has 2 aliphatic rings. The van der Waals surface area contributed by atoms with Gasteiger partial charge in [-0.25, -0.2) is 13.4 Å². The lowest BCUT2D eigenvalue weighted by atomic mass is 9.94. The molecule has 1 unspecified atom stereocenters. The van der Waals surface area contributed by atoms with E-state index in [1.165, 1.54) is 18.3 Å². The van der Waals surface area contributed by atoms with E-state index >= 15 is 0 Å². The first-order valence-electron chi connectivity index (χ1n) is 13.4. The number of halogens is 1. The molecule has 0 bridgehead atoms. The van der Waals surface area contributed by atoms with Crippen LogP contribution < -0.4 is 9.80 Å². The fourth-order valence-electron chi connectivity index (χ4n) is 5.43. The molecular formula is C31H26ClN3O5S2. The van der Waals surface area contributed by atoms with Crippen molar-refractivity contribution in [3.05, 3.63) is 106 Å². The maximum Gasteiger partial charge on any atom is 0.301 e. The summed E-state index contributed by atoms with van der Waals surface area (Å²) in [5.41, 5.74) is 2.58. The fourth-order valence-corrected chi connectivity index (χ4v) is 8.20. The van der Waals surface area contributed by atoms with Crippen LogP contribution >= 0.6 is 22.9 Å². The number of thiazole rings is 1. The first kappa shape index (κ1) is 28.1. The third-order valence-corrected chi connectivity index (χ3v) is 10.9. The van der Waals surface area contributed by atoms with Gasteiger partial charge in [0.1, 0.15) is 9.97 Å². The van der Waals surface area contributed by atoms with Crippen LogP contribution in [0.5, 0.6) is 0 Å². The molecule has 0 aliphatic carbocycles. The molecule has 11 heteroatoms. The SMILES string of the molecule is Cc1ccc(C(O)=C2C(=O)C(=O)N(c3ncc(S(=O)(=O)c4ccccc4)s3)C2c2cccc(Cl)c2)c(N2CCCC2)c1. The number of aliphatic hydroxyl groups is 1. The number of Topliss-reactive ketones (excluding diaryl/α,β-unsaturated/α-hetero) is 1. The van der Waals surface area contributed by atoms with E-state index in [2.05, 4.69) is 9.88 Å². The lowest BCUT2D eigenvalue weighted by molar-refractivity contribution is -0.132. The Morgan fingerprint density at radius 2 is 1.74 bits per heavy atom. The minimum Gasteiger partial charge on any atom is -0.507 e. The number of hydrogen-bond acceptors (Lipinski definition) is 8. The average Bonchev–Trinajstić information content (AvgIpc) is 3.74. The van der Waals surface area contributed by atoms with E-state index in [1.54, 1.807) is 48.5 Å². The predicted octanol–water partition coefficient (Wildman–Crippen LogP) is 6.16. The van der Waals surface area contributed by atoms with Crippen molar-refractivity contribution in [2.45, 2.75) is 34.9 Å². The Balaban J connectivity index is 1.52. The van der Waals surface area contributed by atoms with E-state index in [4.69, 9.17) is 11.6 Å². The summed E-state index contributed by atoms with van der Waals surface area (Å²) in [6.45, 7) is 3.58. The molecular weight excluding hydrogens is 594 g/mol. The van der Waals surface area contributed by atoms with Gasteiger partial charge >= 0.3 is 5.91 Å². The topological polar surface area (TPSA) is 108 Å². The van der Waals surface area contributed by atoms with Gasteiger partial charge in [-0.1, -0.05) is 59.3 Å². The number of carbonyl (C=O) groups is 2. The summed E-state index contributed by atoms with van der Waals surface area (Å²) >= 11 is 7.11. The van der Waals surface area contributed by atoms with Crippen LogP contribution in [-0.4, -0.2) is 43.3 Å². The van der Waals surface area contributed by atoms with Gasteiger partial charge in [-0.15, -0.1) is 0 Å². The molecule has 0 radical (unpaired) electrons. The molecule has 214 valence electrons. The molecule has 4 aromatic rings. The van der Waals surface area contributed by atoms with Crippen molar-refractivity contribution in [1.82, 2.24) is 4.98 Å². The normalized spacial score (nSPS) is 18.7. The lowest BCUT2D eigenvalue weighted by Crippen LogP contribution is -2.29. The van der Waals surface area contributed by atoms with Gasteiger partial charge in [0.25, 0.3) is 5.78 Å². The summed E-state index contributed by atoms with van der Waals surface area (Å²) in [7, 11) is -3.91. The molecule has 42 heavy (non-hydrogen) atoms. The number of rotatable bonds is 6. The zero-order chi connectivity index (χ0) is 29.6. The third kappa shape index (κ3) is 4.89. The maximum atomic E-state index is 13.7. The lowest BCUT2D eigenvalue weighted by Gasteiger charge is -2.25. The summed E-state index contributed by atoms with van der Waals surface area (Å²) < 4.78 is 26.5. The van der Waals surface area contributed by atoms with Crippen LogP contribution in [0.4, 0.5) is 10.8 Å². The number of benzene rings is 3. The molecule has 3 heterocycles. The van der Waals surface area contributed by atoms with Gasteiger partial charge in [0.15, 0.2) is 5.13 Å². The van der Waals surface area contributed by atoms with Gasteiger partial charge in [-0.05, 0) is 67.3 Å². The van der Waals surface area contributed by atoms with E-state index < -0.39 is 27.6 Å². The summed E-state index contributed by atoms with van der Waals surface area (Å²) in [4.78, 5) is 35.0. The Hall–Kier alpha value is -3.99. The van der Waals surface area contributed by atoms with Gasteiger partial charge in [0.2, 0.25) is 9.84 Å². The van der Waals surface area contributed by atoms with Crippen molar-refractivity contribution in [3.8, 4) is 0 Å². The number of amides is 1. The fraction of sp³-hybridized carbons (Fsp3) is 0.194. The van der Waals surface area contributed by atoms with E-state index in [-0.39, 0.29) is 25.6 Å². The molecule has 0 spiro atoms. The minimum absolute atomic E-state index is 0.0132. The van der Waals surface area contributed by atoms with Crippen LogP contribution in [0, 0.1) is 6.92 Å². The second-order valence-corrected chi connectivity index (χ2v) is 13.8. The van der Waals surface area contributed by atoms with Crippen molar-refractivity contribution in [2.75, 3.05) is 22.9 Å². The van der Waals surface area contributed by atoms with Gasteiger partial charge in [0, 0.05) is 29.4 Å². The van der Waals surface area contributed by atoms with Gasteiger partial charge in [-0.3, -0.25) is 14.5 Å². The Bertz CT molecular complexity index is 1850. The standard InChI is InChI=1S/C31H26ClN3O5S2/c1-19-12-13-23(24(16-19)34-14-5-6-15-34)28(36)26-27(20-8-7-9-21(32)17-20)35(30(38)29(26)37)31-33-18-25(41-31)42(39,40)22-10-3-2-4-11-22/h2-4,7-13,16-18,27,36H,5-6,14-15H2,1H3. The van der Waals surface area contributed by atoms with Crippen LogP contribution in [0.25, 0.3) is 5.76 Å². The molecule has 1 aromatic heterocycles. The number of aromatic nitrogens is 1. The van der Waals surface area contributed by atoms with Crippen LogP contribution in [0.1, 0.15) is 35.6 Å². The molecule has 8 nitrogen and oxygen atoms in total. The first-order chi connectivity index (χ1) is 20.2. The summed E-state index contributed by atoms with van der Waals surface area (Å²) in [5.74, 6) is -2.13. The largest absolute Gasteiger partial charge is 0.507 e. The maximum absolute atomic E-state index is 13.7. The van der Waals surface area contributed by atoms with Crippen LogP contribution in [0.2, 0.25) is 5.02 Å². The molecule has 1 atom stereocenters. The number of sulfone groups is 1. The highest BCUT2D eigenvalue weighted by Gasteiger charge is 2.48. The molecule has 0 saturated carbocycles. The molecule has 2 aliphatic heterocycles. The highest BCUT2D eigenvalue weighted by molar-refractivity contribution is 7.93. The number of aryl methyl sites for hydroxylation is 1. The van der Waals surface area contributed by atoms with Gasteiger partial charge in [-0.2, -0.15) is 0 Å². The highest BCUT2D eigenvalue weighted by Crippen LogP contribution is 2.45. The quantitative estimate of drug-likeness (QED) is 0.156. The average molecular weight is 620 g/mol. The number of hydrogen-bond donors (Lipinski definition) is 1. The molecule has 2 fully saturated rings. The smallest absolute Gasteiger partial charge is 0.301 e. The van der Waals surface area contributed by atoms with Crippen molar-refractivity contribution < 1.29 is 23.1 Å². The molecule has 1 amide bonds. The van der Waals surface area contributed by atoms with Gasteiger partial charge in [0.05, 0.1) is 22.7 Å². The van der Waals surface area contributed by atoms with Crippen molar-refractivity contribution in [2.24, 2.45) is 0 Å². The second-order valence-electron chi connectivity index (χ2n) is 10.2. The van der Waals surface area contributed by atoms with Crippen LogP contribution in [-0.2, 0) is 19.4 Å². The number of anilines is 2. The van der Waals surface area contributed by atoms with Crippen LogP contribution in [0.15, 0.2) is 93.7 Å². The summed E-state index contributed by atoms with van der Waals surface area (Å²) in [5, 5.41) is 12.2. The van der Waals surface area contributed by atoms with E-state index in [9.17, 15) is 23.1 Å². The zero-order valence-electron chi connectivity index (χ0n) is 22.5. The highest BCUT2D eigenvalue weighted by atomic mass is 35.5. The van der Waals surface area contributed by atoms with Crippen molar-refractivity contribution in [1.29, 1.82) is 0 Å². The minimum atomic E-state index is -3.91. The Labute approximate surface area is 252 Å². The Morgan fingerprint density at radius 1 is 1.00 bits per heavy atom. The van der Waals surface area contributed by atoms with E-state index in [0.717, 1.165) is 53.4 Å². The third-order valence-electron chi connectivity index (χ3n) is 7.46. The summed E-state index contributed by atoms with van der Waals surface area (Å²) in [6.07, 6.45) is 3.21. The van der Waals surface area contributed by atoms with E-state index in [0.29, 0.717) is 16.1 Å². The number of carbonyl (C=O) groups excluding carboxylic acids is 2. The van der Waals surface area contributed by atoms with Crippen LogP contribution in [0.3, 0.4) is 0 Å². The van der Waals surface area contributed by atoms with Crippen molar-refractivity contribution in [3.63, 3.8) is 0 Å². The van der Waals surface area contributed by atoms with Crippen molar-refractivity contribution >= 4 is 61.0 Å². The molecule has 2 saturated heterocycles. The molecule has 3 aromatic carbocycles. The second kappa shape index (κ2) is 11.0. The Kier molecular flexibility index (Phi) is 7.38. The number of nitrogens with zero attached hydrogens (tertiary/aromatic N) is 3. The number of ketones is 1. The number of aliphatic hydroxyl groups excluding tert-OH is 1. The molecule has 1 N–H and O–H groups in total. The zero-order valence-corrected chi connectivity index (χ0v) is 24.9. The Morgan fingerprint density at radius 3 is 2.45 bits per heavy atom. The van der Waals surface area contributed by atoms with E-state index in [1.807, 2.05) is 19.1 Å².